The van der Waals surface area contributed by atoms with E-state index in [1.165, 1.54) is 0 Å². The Morgan fingerprint density at radius 2 is 2.15 bits per heavy atom. The summed E-state index contributed by atoms with van der Waals surface area (Å²) in [6, 6.07) is 5.29. The number of hydrogen-bond acceptors (Lipinski definition) is 4. The topological polar surface area (TPSA) is 69.4 Å². The van der Waals surface area contributed by atoms with Crippen molar-refractivity contribution in [3.63, 3.8) is 0 Å². The highest BCUT2D eigenvalue weighted by Gasteiger charge is 2.38. The summed E-state index contributed by atoms with van der Waals surface area (Å²) in [5.41, 5.74) is 8.30. The molecule has 0 radical (unpaired) electrons. The second-order valence-corrected chi connectivity index (χ2v) is 8.06. The molecular weight excluding hydrogens is 274 g/mol. The van der Waals surface area contributed by atoms with Crippen molar-refractivity contribution in [1.29, 1.82) is 0 Å². The lowest BCUT2D eigenvalue weighted by molar-refractivity contribution is 0.412. The van der Waals surface area contributed by atoms with Gasteiger partial charge in [0, 0.05) is 6.04 Å². The molecule has 0 saturated carbocycles. The first kappa shape index (κ1) is 15.3. The number of sulfone groups is 1. The van der Waals surface area contributed by atoms with Gasteiger partial charge in [-0.3, -0.25) is 0 Å². The van der Waals surface area contributed by atoms with Gasteiger partial charge in [0.1, 0.15) is 5.75 Å². The summed E-state index contributed by atoms with van der Waals surface area (Å²) in [6.07, 6.45) is 1.98. The highest BCUT2D eigenvalue weighted by Crippen LogP contribution is 2.36. The molecule has 112 valence electrons. The number of nitrogens with two attached hydrogens (primary N) is 1. The van der Waals surface area contributed by atoms with Crippen LogP contribution in [0.2, 0.25) is 0 Å². The van der Waals surface area contributed by atoms with E-state index in [2.05, 4.69) is 0 Å². The van der Waals surface area contributed by atoms with Gasteiger partial charge in [0.15, 0.2) is 9.84 Å². The van der Waals surface area contributed by atoms with Gasteiger partial charge in [-0.25, -0.2) is 8.42 Å². The normalized spacial score (nSPS) is 24.0. The maximum atomic E-state index is 12.6. The Hall–Kier alpha value is -1.07. The van der Waals surface area contributed by atoms with Crippen molar-refractivity contribution in [2.45, 2.75) is 49.7 Å². The Bertz CT molecular complexity index is 583. The minimum atomic E-state index is -3.19. The molecule has 0 aliphatic heterocycles. The molecule has 1 aliphatic carbocycles. The lowest BCUT2D eigenvalue weighted by atomic mass is 9.87. The number of aryl methyl sites for hydroxylation is 1. The number of methoxy groups -OCH3 is 1. The van der Waals surface area contributed by atoms with E-state index >= 15 is 0 Å². The smallest absolute Gasteiger partial charge is 0.157 e. The molecule has 0 saturated heterocycles. The van der Waals surface area contributed by atoms with E-state index in [0.717, 1.165) is 23.3 Å². The second kappa shape index (κ2) is 5.74. The standard InChI is InChI=1S/C15H23NO3S/c1-4-10(2)20(17,18)14-8-6-11-5-7-12(19-3)9-13(11)15(14)16/h5,7,9-10,14-15H,4,6,8,16H2,1-3H3. The molecular formula is C15H23NO3S. The van der Waals surface area contributed by atoms with Crippen LogP contribution < -0.4 is 10.5 Å². The van der Waals surface area contributed by atoms with Crippen LogP contribution in [-0.2, 0) is 16.3 Å². The number of rotatable bonds is 4. The predicted molar refractivity (Wildman–Crippen MR) is 80.7 cm³/mol. The average molecular weight is 297 g/mol. The van der Waals surface area contributed by atoms with Gasteiger partial charge < -0.3 is 10.5 Å². The van der Waals surface area contributed by atoms with Crippen LogP contribution >= 0.6 is 0 Å². The van der Waals surface area contributed by atoms with Gasteiger partial charge >= 0.3 is 0 Å². The van der Waals surface area contributed by atoms with Gasteiger partial charge in [0.25, 0.3) is 0 Å². The summed E-state index contributed by atoms with van der Waals surface area (Å²) in [6.45, 7) is 3.66. The Labute approximate surface area is 121 Å². The van der Waals surface area contributed by atoms with E-state index < -0.39 is 21.1 Å². The monoisotopic (exact) mass is 297 g/mol. The molecule has 3 unspecified atom stereocenters. The highest BCUT2D eigenvalue weighted by molar-refractivity contribution is 7.92. The molecule has 4 nitrogen and oxygen atoms in total. The first-order valence-electron chi connectivity index (χ1n) is 7.06. The second-order valence-electron chi connectivity index (χ2n) is 5.48. The molecule has 0 bridgehead atoms. The van der Waals surface area contributed by atoms with Gasteiger partial charge in [-0.15, -0.1) is 0 Å². The van der Waals surface area contributed by atoms with Crippen LogP contribution in [-0.4, -0.2) is 26.0 Å². The summed E-state index contributed by atoms with van der Waals surface area (Å²) in [5, 5.41) is -0.831. The fourth-order valence-corrected chi connectivity index (χ4v) is 4.88. The molecule has 5 heteroatoms. The van der Waals surface area contributed by atoms with Crippen LogP contribution in [0.4, 0.5) is 0 Å². The summed E-state index contributed by atoms with van der Waals surface area (Å²) < 4.78 is 30.4. The number of fused-ring (bicyclic) bond motifs is 1. The highest BCUT2D eigenvalue weighted by atomic mass is 32.2. The molecule has 0 fully saturated rings. The summed E-state index contributed by atoms with van der Waals surface area (Å²) in [7, 11) is -1.59. The summed E-state index contributed by atoms with van der Waals surface area (Å²) >= 11 is 0. The quantitative estimate of drug-likeness (QED) is 0.925. The fraction of sp³-hybridized carbons (Fsp3) is 0.600. The molecule has 1 aliphatic rings. The third kappa shape index (κ3) is 2.56. The molecule has 0 spiro atoms. The molecule has 1 aromatic carbocycles. The molecule has 20 heavy (non-hydrogen) atoms. The van der Waals surface area contributed by atoms with Crippen molar-refractivity contribution in [2.75, 3.05) is 7.11 Å². The largest absolute Gasteiger partial charge is 0.497 e. The predicted octanol–water partition coefficient (Wildman–Crippen LogP) is 2.22. The van der Waals surface area contributed by atoms with Crippen LogP contribution in [0.1, 0.15) is 43.9 Å². The first-order chi connectivity index (χ1) is 9.41. The molecule has 1 aromatic rings. The maximum absolute atomic E-state index is 12.6. The first-order valence-corrected chi connectivity index (χ1v) is 8.67. The number of hydrogen-bond donors (Lipinski definition) is 1. The zero-order chi connectivity index (χ0) is 14.9. The Kier molecular flexibility index (Phi) is 4.39. The zero-order valence-electron chi connectivity index (χ0n) is 12.3. The lowest BCUT2D eigenvalue weighted by Gasteiger charge is -2.32. The van der Waals surface area contributed by atoms with E-state index in [4.69, 9.17) is 10.5 Å². The van der Waals surface area contributed by atoms with Crippen LogP contribution in [0, 0.1) is 0 Å². The molecule has 0 amide bonds. The van der Waals surface area contributed by atoms with Crippen molar-refractivity contribution in [3.05, 3.63) is 29.3 Å². The van der Waals surface area contributed by atoms with Gasteiger partial charge in [-0.05, 0) is 49.4 Å². The van der Waals surface area contributed by atoms with Crippen LogP contribution in [0.25, 0.3) is 0 Å². The summed E-state index contributed by atoms with van der Waals surface area (Å²) in [5.74, 6) is 0.723. The molecule has 0 aromatic heterocycles. The van der Waals surface area contributed by atoms with E-state index in [0.29, 0.717) is 12.8 Å². The van der Waals surface area contributed by atoms with Crippen molar-refractivity contribution < 1.29 is 13.2 Å². The van der Waals surface area contributed by atoms with E-state index in [1.807, 2.05) is 25.1 Å². The number of benzene rings is 1. The molecule has 2 N–H and O–H groups in total. The molecule has 2 rings (SSSR count). The van der Waals surface area contributed by atoms with Crippen LogP contribution in [0.15, 0.2) is 18.2 Å². The van der Waals surface area contributed by atoms with Crippen molar-refractivity contribution in [3.8, 4) is 5.75 Å². The lowest BCUT2D eigenvalue weighted by Crippen LogP contribution is -2.41. The Morgan fingerprint density at radius 1 is 1.45 bits per heavy atom. The van der Waals surface area contributed by atoms with Gasteiger partial charge in [0.05, 0.1) is 17.6 Å². The Morgan fingerprint density at radius 3 is 2.75 bits per heavy atom. The van der Waals surface area contributed by atoms with Crippen molar-refractivity contribution >= 4 is 9.84 Å². The Balaban J connectivity index is 2.38. The average Bonchev–Trinajstić information content (AvgIpc) is 2.46. The zero-order valence-corrected chi connectivity index (χ0v) is 13.1. The molecule has 0 heterocycles. The summed E-state index contributed by atoms with van der Waals surface area (Å²) in [4.78, 5) is 0. The van der Waals surface area contributed by atoms with Crippen molar-refractivity contribution in [2.24, 2.45) is 5.73 Å². The van der Waals surface area contributed by atoms with E-state index in [9.17, 15) is 8.42 Å². The minimum absolute atomic E-state index is 0.342. The van der Waals surface area contributed by atoms with Crippen LogP contribution in [0.3, 0.4) is 0 Å². The third-order valence-corrected chi connectivity index (χ3v) is 7.20. The van der Waals surface area contributed by atoms with Gasteiger partial charge in [0.2, 0.25) is 0 Å². The fourth-order valence-electron chi connectivity index (χ4n) is 2.81. The van der Waals surface area contributed by atoms with Gasteiger partial charge in [-0.1, -0.05) is 13.0 Å². The van der Waals surface area contributed by atoms with E-state index in [1.54, 1.807) is 14.0 Å². The van der Waals surface area contributed by atoms with Crippen molar-refractivity contribution in [1.82, 2.24) is 0 Å². The molecule has 3 atom stereocenters. The maximum Gasteiger partial charge on any atom is 0.157 e. The van der Waals surface area contributed by atoms with Crippen LogP contribution in [0.5, 0.6) is 5.75 Å². The third-order valence-electron chi connectivity index (χ3n) is 4.37. The SMILES string of the molecule is CCC(C)S(=O)(=O)C1CCc2ccc(OC)cc2C1N. The number of ether oxygens (including phenoxy) is 1. The van der Waals surface area contributed by atoms with E-state index in [-0.39, 0.29) is 5.25 Å². The minimum Gasteiger partial charge on any atom is -0.497 e. The van der Waals surface area contributed by atoms with Gasteiger partial charge in [-0.2, -0.15) is 0 Å².